The summed E-state index contributed by atoms with van der Waals surface area (Å²) in [5, 5.41) is 7.86. The third-order valence-corrected chi connectivity index (χ3v) is 8.14. The van der Waals surface area contributed by atoms with E-state index in [2.05, 4.69) is 22.5 Å². The lowest BCUT2D eigenvalue weighted by Gasteiger charge is -2.33. The van der Waals surface area contributed by atoms with E-state index in [1.165, 1.54) is 4.88 Å². The molecule has 2 aromatic heterocycles. The van der Waals surface area contributed by atoms with Crippen LogP contribution in [0.2, 0.25) is 0 Å². The molecule has 0 aliphatic heterocycles. The maximum Gasteiger partial charge on any atom is 0.407 e. The molecular formula is C27H39N3O4S. The fourth-order valence-electron chi connectivity index (χ4n) is 4.92. The van der Waals surface area contributed by atoms with Gasteiger partial charge in [0, 0.05) is 34.1 Å². The summed E-state index contributed by atoms with van der Waals surface area (Å²) in [6.45, 7) is 13.8. The summed E-state index contributed by atoms with van der Waals surface area (Å²) in [6.07, 6.45) is 3.56. The molecule has 0 bridgehead atoms. The van der Waals surface area contributed by atoms with Gasteiger partial charge in [-0.15, -0.1) is 11.3 Å². The Morgan fingerprint density at radius 2 is 1.83 bits per heavy atom. The van der Waals surface area contributed by atoms with Gasteiger partial charge in [0.05, 0.1) is 5.56 Å². The Balaban J connectivity index is 1.57. The van der Waals surface area contributed by atoms with Gasteiger partial charge in [-0.2, -0.15) is 0 Å². The first kappa shape index (κ1) is 27.0. The Hall–Kier alpha value is -2.61. The van der Waals surface area contributed by atoms with Gasteiger partial charge in [0.25, 0.3) is 11.5 Å². The highest BCUT2D eigenvalue weighted by molar-refractivity contribution is 7.10. The van der Waals surface area contributed by atoms with Gasteiger partial charge >= 0.3 is 6.09 Å². The van der Waals surface area contributed by atoms with E-state index in [4.69, 9.17) is 4.74 Å². The van der Waals surface area contributed by atoms with Crippen LogP contribution in [-0.2, 0) is 11.3 Å². The van der Waals surface area contributed by atoms with Crippen LogP contribution in [0.5, 0.6) is 0 Å². The van der Waals surface area contributed by atoms with E-state index >= 15 is 0 Å². The van der Waals surface area contributed by atoms with E-state index < -0.39 is 5.60 Å². The maximum absolute atomic E-state index is 12.9. The summed E-state index contributed by atoms with van der Waals surface area (Å²) in [5.74, 6) is 0.696. The van der Waals surface area contributed by atoms with E-state index in [0.717, 1.165) is 42.5 Å². The predicted molar refractivity (Wildman–Crippen MR) is 140 cm³/mol. The quantitative estimate of drug-likeness (QED) is 0.488. The van der Waals surface area contributed by atoms with Crippen molar-refractivity contribution in [2.75, 3.05) is 0 Å². The Morgan fingerprint density at radius 1 is 1.17 bits per heavy atom. The third kappa shape index (κ3) is 6.97. The van der Waals surface area contributed by atoms with Crippen LogP contribution in [0.3, 0.4) is 0 Å². The third-order valence-electron chi connectivity index (χ3n) is 6.85. The fraction of sp³-hybridized carbons (Fsp3) is 0.593. The van der Waals surface area contributed by atoms with Crippen molar-refractivity contribution in [2.24, 2.45) is 5.92 Å². The molecule has 7 nitrogen and oxygen atoms in total. The zero-order valence-corrected chi connectivity index (χ0v) is 22.8. The minimum absolute atomic E-state index is 0.146. The molecule has 2 heterocycles. The van der Waals surface area contributed by atoms with Gasteiger partial charge in [-0.25, -0.2) is 4.79 Å². The van der Waals surface area contributed by atoms with Crippen molar-refractivity contribution >= 4 is 23.3 Å². The van der Waals surface area contributed by atoms with E-state index in [1.807, 2.05) is 53.0 Å². The van der Waals surface area contributed by atoms with Crippen LogP contribution in [0.15, 0.2) is 16.2 Å². The number of aromatic amines is 1. The number of thiophene rings is 1. The number of carbonyl (C=O) groups excluding carboxylic acids is 2. The highest BCUT2D eigenvalue weighted by atomic mass is 32.1. The van der Waals surface area contributed by atoms with E-state index in [-0.39, 0.29) is 30.1 Å². The summed E-state index contributed by atoms with van der Waals surface area (Å²) in [4.78, 5) is 41.3. The largest absolute Gasteiger partial charge is 0.444 e. The van der Waals surface area contributed by atoms with Crippen molar-refractivity contribution in [3.8, 4) is 0 Å². The van der Waals surface area contributed by atoms with Crippen LogP contribution in [0.25, 0.3) is 0 Å². The smallest absolute Gasteiger partial charge is 0.407 e. The first-order chi connectivity index (χ1) is 16.4. The van der Waals surface area contributed by atoms with Crippen molar-refractivity contribution in [3.63, 3.8) is 0 Å². The van der Waals surface area contributed by atoms with Crippen molar-refractivity contribution < 1.29 is 14.3 Å². The maximum atomic E-state index is 12.9. The van der Waals surface area contributed by atoms with Crippen LogP contribution >= 0.6 is 11.3 Å². The lowest BCUT2D eigenvalue weighted by Crippen LogP contribution is -2.41. The summed E-state index contributed by atoms with van der Waals surface area (Å²) in [6, 6.07) is 2.06. The van der Waals surface area contributed by atoms with Crippen LogP contribution in [-0.4, -0.2) is 28.6 Å². The van der Waals surface area contributed by atoms with Gasteiger partial charge in [0.15, 0.2) is 0 Å². The monoisotopic (exact) mass is 501 g/mol. The molecule has 192 valence electrons. The average molecular weight is 502 g/mol. The number of nitrogens with one attached hydrogen (secondary N) is 3. The zero-order valence-electron chi connectivity index (χ0n) is 22.0. The molecule has 2 amide bonds. The molecule has 0 saturated heterocycles. The number of H-pyrrole nitrogens is 1. The SMILES string of the molecule is Cc1cc(C)c(CNC(=O)c2csc(C(C)C3CCC(NC(=O)OC(C)(C)C)CC3)c2C)c(=O)[nH]1. The Kier molecular flexibility index (Phi) is 8.46. The molecule has 1 aliphatic carbocycles. The Morgan fingerprint density at radius 3 is 2.43 bits per heavy atom. The molecule has 8 heteroatoms. The predicted octanol–water partition coefficient (Wildman–Crippen LogP) is 5.48. The minimum atomic E-state index is -0.495. The van der Waals surface area contributed by atoms with E-state index in [1.54, 1.807) is 11.3 Å². The number of pyridine rings is 1. The zero-order chi connectivity index (χ0) is 25.9. The molecule has 0 radical (unpaired) electrons. The Labute approximate surface area is 212 Å². The molecule has 0 spiro atoms. The van der Waals surface area contributed by atoms with E-state index in [0.29, 0.717) is 23.0 Å². The molecule has 35 heavy (non-hydrogen) atoms. The summed E-state index contributed by atoms with van der Waals surface area (Å²) < 4.78 is 5.39. The molecule has 3 rings (SSSR count). The van der Waals surface area contributed by atoms with E-state index in [9.17, 15) is 14.4 Å². The highest BCUT2D eigenvalue weighted by Crippen LogP contribution is 2.40. The fourth-order valence-corrected chi connectivity index (χ4v) is 6.14. The van der Waals surface area contributed by atoms with Crippen LogP contribution in [0.1, 0.15) is 96.9 Å². The number of aromatic nitrogens is 1. The molecule has 0 aromatic carbocycles. The molecule has 1 aliphatic rings. The van der Waals surface area contributed by atoms with Gasteiger partial charge in [-0.1, -0.05) is 6.92 Å². The van der Waals surface area contributed by atoms with Gasteiger partial charge < -0.3 is 20.4 Å². The lowest BCUT2D eigenvalue weighted by molar-refractivity contribution is 0.0485. The second kappa shape index (κ2) is 11.0. The first-order valence-corrected chi connectivity index (χ1v) is 13.3. The molecule has 2 aromatic rings. The summed E-state index contributed by atoms with van der Waals surface area (Å²) in [5.41, 5.74) is 3.31. The van der Waals surface area contributed by atoms with Gasteiger partial charge in [-0.05, 0) is 96.3 Å². The second-order valence-corrected chi connectivity index (χ2v) is 11.7. The van der Waals surface area contributed by atoms with Gasteiger partial charge in [0.1, 0.15) is 5.60 Å². The molecular weight excluding hydrogens is 462 g/mol. The first-order valence-electron chi connectivity index (χ1n) is 12.4. The van der Waals surface area contributed by atoms with Gasteiger partial charge in [0.2, 0.25) is 0 Å². The van der Waals surface area contributed by atoms with Crippen LogP contribution in [0, 0.1) is 26.7 Å². The van der Waals surface area contributed by atoms with Crippen molar-refractivity contribution in [2.45, 2.75) is 98.3 Å². The number of aryl methyl sites for hydroxylation is 2. The van der Waals surface area contributed by atoms with Crippen LogP contribution in [0.4, 0.5) is 4.79 Å². The number of rotatable bonds is 6. The highest BCUT2D eigenvalue weighted by Gasteiger charge is 2.30. The number of ether oxygens (including phenoxy) is 1. The van der Waals surface area contributed by atoms with Crippen LogP contribution < -0.4 is 16.2 Å². The number of amides is 2. The molecule has 1 unspecified atom stereocenters. The van der Waals surface area contributed by atoms with Gasteiger partial charge in [-0.3, -0.25) is 9.59 Å². The van der Waals surface area contributed by atoms with Crippen molar-refractivity contribution in [3.05, 3.63) is 54.6 Å². The molecule has 3 N–H and O–H groups in total. The summed E-state index contributed by atoms with van der Waals surface area (Å²) in [7, 11) is 0. The number of carbonyl (C=O) groups is 2. The lowest BCUT2D eigenvalue weighted by atomic mass is 9.77. The number of hydrogen-bond donors (Lipinski definition) is 3. The molecule has 1 fully saturated rings. The standard InChI is InChI=1S/C27H39N3O4S/c1-15-12-16(2)29-25(32)21(15)13-28-24(31)22-14-35-23(18(22)4)17(3)19-8-10-20(11-9-19)30-26(33)34-27(5,6)7/h12,14,17,19-20H,8-11,13H2,1-7H3,(H,28,31)(H,29,32)(H,30,33). The number of hydrogen-bond acceptors (Lipinski definition) is 5. The van der Waals surface area contributed by atoms with Crippen molar-refractivity contribution in [1.82, 2.24) is 15.6 Å². The second-order valence-electron chi connectivity index (χ2n) is 10.8. The molecule has 1 atom stereocenters. The topological polar surface area (TPSA) is 100 Å². The molecule has 1 saturated carbocycles. The number of alkyl carbamates (subject to hydrolysis) is 1. The Bertz CT molecular complexity index is 1120. The normalized spacial score (nSPS) is 19.2. The van der Waals surface area contributed by atoms with Crippen molar-refractivity contribution in [1.29, 1.82) is 0 Å². The minimum Gasteiger partial charge on any atom is -0.444 e. The summed E-state index contributed by atoms with van der Waals surface area (Å²) >= 11 is 1.64. The average Bonchev–Trinajstić information content (AvgIpc) is 3.12.